The molecule has 0 atom stereocenters. The van der Waals surface area contributed by atoms with Crippen LogP contribution < -0.4 is 4.90 Å². The predicted octanol–water partition coefficient (Wildman–Crippen LogP) is 2.33. The summed E-state index contributed by atoms with van der Waals surface area (Å²) in [7, 11) is 4.00. The molecule has 0 aliphatic rings. The lowest BCUT2D eigenvalue weighted by atomic mass is 10.3. The summed E-state index contributed by atoms with van der Waals surface area (Å²) < 4.78 is 2.00. The van der Waals surface area contributed by atoms with Gasteiger partial charge in [0, 0.05) is 25.9 Å². The molecule has 2 heterocycles. The van der Waals surface area contributed by atoms with Crippen LogP contribution in [-0.2, 0) is 7.05 Å². The molecule has 2 rings (SSSR count). The van der Waals surface area contributed by atoms with Gasteiger partial charge in [0.2, 0.25) is 0 Å². The fourth-order valence-electron chi connectivity index (χ4n) is 1.58. The molecule has 0 spiro atoms. The van der Waals surface area contributed by atoms with E-state index in [1.54, 1.807) is 6.33 Å². The van der Waals surface area contributed by atoms with Crippen molar-refractivity contribution in [1.29, 1.82) is 0 Å². The van der Waals surface area contributed by atoms with E-state index in [4.69, 9.17) is 0 Å². The van der Waals surface area contributed by atoms with Crippen molar-refractivity contribution in [1.82, 2.24) is 14.5 Å². The standard InChI is InChI=1S/C12H16N4/c1-5-9(2)16(4)12-6-11-10(7-13-12)14-8-15(11)3/h5-8H,1-4H3. The molecule has 2 aromatic heterocycles. The number of rotatable bonds is 2. The van der Waals surface area contributed by atoms with Gasteiger partial charge in [-0.2, -0.15) is 0 Å². The minimum atomic E-state index is 0.929. The van der Waals surface area contributed by atoms with E-state index in [1.165, 1.54) is 5.70 Å². The van der Waals surface area contributed by atoms with Crippen LogP contribution in [0.5, 0.6) is 0 Å². The van der Waals surface area contributed by atoms with Crippen molar-refractivity contribution in [2.24, 2.45) is 7.05 Å². The fourth-order valence-corrected chi connectivity index (χ4v) is 1.58. The number of anilines is 1. The van der Waals surface area contributed by atoms with E-state index in [9.17, 15) is 0 Å². The first-order chi connectivity index (χ1) is 7.63. The number of imidazole rings is 1. The Kier molecular flexibility index (Phi) is 2.64. The van der Waals surface area contributed by atoms with Crippen LogP contribution >= 0.6 is 0 Å². The zero-order valence-corrected chi connectivity index (χ0v) is 10.1. The third-order valence-corrected chi connectivity index (χ3v) is 2.89. The van der Waals surface area contributed by atoms with E-state index >= 15 is 0 Å². The van der Waals surface area contributed by atoms with E-state index in [0.29, 0.717) is 0 Å². The Morgan fingerprint density at radius 1 is 1.44 bits per heavy atom. The van der Waals surface area contributed by atoms with Gasteiger partial charge in [0.25, 0.3) is 0 Å². The number of aryl methyl sites for hydroxylation is 1. The van der Waals surface area contributed by atoms with Gasteiger partial charge in [-0.1, -0.05) is 6.08 Å². The number of nitrogens with zero attached hydrogens (tertiary/aromatic N) is 4. The summed E-state index contributed by atoms with van der Waals surface area (Å²) in [6.07, 6.45) is 5.68. The Bertz CT molecular complexity index is 539. The molecule has 2 aromatic rings. The van der Waals surface area contributed by atoms with Crippen molar-refractivity contribution in [2.75, 3.05) is 11.9 Å². The molecule has 0 bridgehead atoms. The van der Waals surface area contributed by atoms with Crippen LogP contribution in [0.15, 0.2) is 30.4 Å². The van der Waals surface area contributed by atoms with Crippen molar-refractivity contribution in [3.05, 3.63) is 30.4 Å². The van der Waals surface area contributed by atoms with Gasteiger partial charge in [0.15, 0.2) is 0 Å². The summed E-state index contributed by atoms with van der Waals surface area (Å²) in [6.45, 7) is 4.09. The molecule has 4 nitrogen and oxygen atoms in total. The normalized spacial score (nSPS) is 12.1. The van der Waals surface area contributed by atoms with Crippen molar-refractivity contribution in [3.8, 4) is 0 Å². The molecule has 16 heavy (non-hydrogen) atoms. The quantitative estimate of drug-likeness (QED) is 0.772. The summed E-state index contributed by atoms with van der Waals surface area (Å²) in [5, 5.41) is 0. The van der Waals surface area contributed by atoms with Crippen LogP contribution in [-0.4, -0.2) is 21.6 Å². The maximum absolute atomic E-state index is 4.40. The Morgan fingerprint density at radius 3 is 2.88 bits per heavy atom. The number of pyridine rings is 1. The molecule has 0 saturated heterocycles. The SMILES string of the molecule is CC=C(C)N(C)c1cc2c(cn1)ncn2C. The lowest BCUT2D eigenvalue weighted by molar-refractivity contribution is 0.945. The monoisotopic (exact) mass is 216 g/mol. The Balaban J connectivity index is 2.50. The fraction of sp³-hybridized carbons (Fsp3) is 0.333. The van der Waals surface area contributed by atoms with Gasteiger partial charge in [0.05, 0.1) is 18.0 Å². The highest BCUT2D eigenvalue weighted by molar-refractivity contribution is 5.77. The Hall–Kier alpha value is -1.84. The van der Waals surface area contributed by atoms with Gasteiger partial charge < -0.3 is 9.47 Å². The second-order valence-corrected chi connectivity index (χ2v) is 3.88. The molecule has 0 radical (unpaired) electrons. The van der Waals surface area contributed by atoms with Crippen LogP contribution in [0.2, 0.25) is 0 Å². The summed E-state index contributed by atoms with van der Waals surface area (Å²) in [6, 6.07) is 2.05. The molecule has 0 aliphatic carbocycles. The van der Waals surface area contributed by atoms with E-state index in [-0.39, 0.29) is 0 Å². The van der Waals surface area contributed by atoms with Crippen LogP contribution in [0.3, 0.4) is 0 Å². The van der Waals surface area contributed by atoms with Gasteiger partial charge in [-0.25, -0.2) is 9.97 Å². The summed E-state index contributed by atoms with van der Waals surface area (Å²) in [5.41, 5.74) is 3.20. The first-order valence-corrected chi connectivity index (χ1v) is 5.27. The maximum atomic E-state index is 4.40. The summed E-state index contributed by atoms with van der Waals surface area (Å²) in [4.78, 5) is 10.7. The number of fused-ring (bicyclic) bond motifs is 1. The third kappa shape index (κ3) is 1.66. The molecule has 0 saturated carbocycles. The van der Waals surface area contributed by atoms with Crippen molar-refractivity contribution in [2.45, 2.75) is 13.8 Å². The first kappa shape index (κ1) is 10.7. The summed E-state index contributed by atoms with van der Waals surface area (Å²) >= 11 is 0. The maximum Gasteiger partial charge on any atom is 0.134 e. The lowest BCUT2D eigenvalue weighted by Crippen LogP contribution is -2.15. The Labute approximate surface area is 95.2 Å². The zero-order chi connectivity index (χ0) is 11.7. The van der Waals surface area contributed by atoms with Crippen molar-refractivity contribution in [3.63, 3.8) is 0 Å². The topological polar surface area (TPSA) is 34.0 Å². The van der Waals surface area contributed by atoms with Crippen molar-refractivity contribution >= 4 is 16.9 Å². The van der Waals surface area contributed by atoms with Crippen LogP contribution in [0.25, 0.3) is 11.0 Å². The second kappa shape index (κ2) is 3.96. The third-order valence-electron chi connectivity index (χ3n) is 2.89. The highest BCUT2D eigenvalue weighted by Gasteiger charge is 2.07. The smallest absolute Gasteiger partial charge is 0.134 e. The van der Waals surface area contributed by atoms with E-state index < -0.39 is 0 Å². The molecule has 0 aromatic carbocycles. The van der Waals surface area contributed by atoms with Gasteiger partial charge in [0.1, 0.15) is 11.3 Å². The largest absolute Gasteiger partial charge is 0.334 e. The van der Waals surface area contributed by atoms with Gasteiger partial charge in [-0.15, -0.1) is 0 Å². The van der Waals surface area contributed by atoms with E-state index in [2.05, 4.69) is 33.9 Å². The lowest BCUT2D eigenvalue weighted by Gasteiger charge is -2.18. The number of allylic oxidation sites excluding steroid dienone is 2. The van der Waals surface area contributed by atoms with Crippen LogP contribution in [0, 0.1) is 0 Å². The minimum Gasteiger partial charge on any atom is -0.334 e. The molecule has 4 heteroatoms. The molecule has 0 aliphatic heterocycles. The van der Waals surface area contributed by atoms with Gasteiger partial charge >= 0.3 is 0 Å². The summed E-state index contributed by atoms with van der Waals surface area (Å²) in [5.74, 6) is 0.937. The predicted molar refractivity (Wildman–Crippen MR) is 66.3 cm³/mol. The molecule has 0 unspecified atom stereocenters. The van der Waals surface area contributed by atoms with Crippen LogP contribution in [0.1, 0.15) is 13.8 Å². The number of aromatic nitrogens is 3. The van der Waals surface area contributed by atoms with Gasteiger partial charge in [-0.3, -0.25) is 0 Å². The van der Waals surface area contributed by atoms with E-state index in [0.717, 1.165) is 16.9 Å². The molecule has 0 N–H and O–H groups in total. The molecule has 0 fully saturated rings. The highest BCUT2D eigenvalue weighted by Crippen LogP contribution is 2.19. The van der Waals surface area contributed by atoms with Gasteiger partial charge in [-0.05, 0) is 13.8 Å². The molecular weight excluding hydrogens is 200 g/mol. The first-order valence-electron chi connectivity index (χ1n) is 5.27. The average Bonchev–Trinajstić information content (AvgIpc) is 2.68. The Morgan fingerprint density at radius 2 is 2.19 bits per heavy atom. The van der Waals surface area contributed by atoms with Crippen LogP contribution in [0.4, 0.5) is 5.82 Å². The molecule has 0 amide bonds. The molecular formula is C12H16N4. The zero-order valence-electron chi connectivity index (χ0n) is 10.1. The number of hydrogen-bond acceptors (Lipinski definition) is 3. The average molecular weight is 216 g/mol. The molecule has 84 valence electrons. The number of hydrogen-bond donors (Lipinski definition) is 0. The highest BCUT2D eigenvalue weighted by atomic mass is 15.2. The minimum absolute atomic E-state index is 0.929. The second-order valence-electron chi connectivity index (χ2n) is 3.88. The van der Waals surface area contributed by atoms with E-state index in [1.807, 2.05) is 31.8 Å². The van der Waals surface area contributed by atoms with Crippen molar-refractivity contribution < 1.29 is 0 Å².